The minimum absolute atomic E-state index is 0.0947. The lowest BCUT2D eigenvalue weighted by molar-refractivity contribution is 1.04. The maximum atomic E-state index is 11.8. The topological polar surface area (TPSA) is 58.6 Å². The number of rotatable bonds is 3. The summed E-state index contributed by atoms with van der Waals surface area (Å²) in [5.74, 6) is 1.15. The summed E-state index contributed by atoms with van der Waals surface area (Å²) in [6.07, 6.45) is 1.69. The van der Waals surface area contributed by atoms with Crippen LogP contribution in [0.3, 0.4) is 0 Å². The molecule has 0 amide bonds. The van der Waals surface area contributed by atoms with Gasteiger partial charge in [-0.05, 0) is 23.6 Å². The van der Waals surface area contributed by atoms with Crippen LogP contribution in [0.1, 0.15) is 5.82 Å². The van der Waals surface area contributed by atoms with Gasteiger partial charge in [0.05, 0.1) is 16.3 Å². The third kappa shape index (κ3) is 2.65. The van der Waals surface area contributed by atoms with Gasteiger partial charge in [0, 0.05) is 6.20 Å². The molecule has 3 aromatic heterocycles. The molecular formula is C12H8ClN3OS2. The van der Waals surface area contributed by atoms with E-state index in [0.717, 1.165) is 10.5 Å². The van der Waals surface area contributed by atoms with E-state index in [-0.39, 0.29) is 5.56 Å². The molecule has 0 bridgehead atoms. The highest BCUT2D eigenvalue weighted by Crippen LogP contribution is 2.26. The molecule has 0 radical (unpaired) electrons. The number of hydrogen-bond donors (Lipinski definition) is 1. The van der Waals surface area contributed by atoms with Crippen LogP contribution in [-0.4, -0.2) is 15.0 Å². The van der Waals surface area contributed by atoms with E-state index in [1.807, 2.05) is 11.4 Å². The molecule has 4 nitrogen and oxygen atoms in total. The average molecular weight is 310 g/mol. The Balaban J connectivity index is 1.86. The predicted molar refractivity (Wildman–Crippen MR) is 79.0 cm³/mol. The molecule has 0 aliphatic rings. The smallest absolute Gasteiger partial charge is 0.268 e. The van der Waals surface area contributed by atoms with E-state index in [2.05, 4.69) is 15.0 Å². The highest BCUT2D eigenvalue weighted by atomic mass is 35.5. The van der Waals surface area contributed by atoms with Crippen LogP contribution >= 0.6 is 34.7 Å². The largest absolute Gasteiger partial charge is 0.309 e. The lowest BCUT2D eigenvalue weighted by Gasteiger charge is -2.02. The molecule has 0 aliphatic carbocycles. The zero-order chi connectivity index (χ0) is 13.2. The number of thiophene rings is 1. The van der Waals surface area contributed by atoms with Gasteiger partial charge in [-0.25, -0.2) is 9.97 Å². The summed E-state index contributed by atoms with van der Waals surface area (Å²) in [6.45, 7) is 0. The molecular weight excluding hydrogens is 302 g/mol. The fraction of sp³-hybridized carbons (Fsp3) is 0.0833. The van der Waals surface area contributed by atoms with Gasteiger partial charge in [0.2, 0.25) is 0 Å². The van der Waals surface area contributed by atoms with Crippen molar-refractivity contribution in [2.45, 2.75) is 10.8 Å². The van der Waals surface area contributed by atoms with Gasteiger partial charge in [0.25, 0.3) is 5.56 Å². The molecule has 7 heteroatoms. The second-order valence-corrected chi connectivity index (χ2v) is 6.01. The van der Waals surface area contributed by atoms with E-state index < -0.39 is 0 Å². The fourth-order valence-electron chi connectivity index (χ4n) is 1.60. The lowest BCUT2D eigenvalue weighted by Crippen LogP contribution is -2.09. The van der Waals surface area contributed by atoms with Gasteiger partial charge < -0.3 is 4.98 Å². The molecule has 1 N–H and O–H groups in total. The van der Waals surface area contributed by atoms with Gasteiger partial charge >= 0.3 is 0 Å². The summed E-state index contributed by atoms with van der Waals surface area (Å²) in [6, 6.07) is 5.41. The second-order valence-electron chi connectivity index (χ2n) is 3.73. The van der Waals surface area contributed by atoms with Gasteiger partial charge in [0.15, 0.2) is 0 Å². The lowest BCUT2D eigenvalue weighted by atomic mass is 10.4. The standard InChI is InChI=1S/C12H8ClN3OS2/c13-7-2-1-4-14-12(7)19-6-9-15-8-3-5-18-10(8)11(17)16-9/h1-5H,6H2,(H,15,16,17). The van der Waals surface area contributed by atoms with E-state index >= 15 is 0 Å². The molecule has 0 saturated heterocycles. The molecule has 3 aromatic rings. The van der Waals surface area contributed by atoms with Crippen LogP contribution in [0.15, 0.2) is 39.6 Å². The van der Waals surface area contributed by atoms with Crippen molar-refractivity contribution in [3.05, 3.63) is 51.0 Å². The maximum absolute atomic E-state index is 11.8. The molecule has 3 rings (SSSR count). The van der Waals surface area contributed by atoms with Gasteiger partial charge in [-0.1, -0.05) is 23.4 Å². The normalized spacial score (nSPS) is 11.0. The van der Waals surface area contributed by atoms with Crippen LogP contribution in [0.5, 0.6) is 0 Å². The first-order valence-corrected chi connectivity index (χ1v) is 7.68. The van der Waals surface area contributed by atoms with Crippen molar-refractivity contribution in [3.8, 4) is 0 Å². The summed E-state index contributed by atoms with van der Waals surface area (Å²) < 4.78 is 0.657. The average Bonchev–Trinajstić information content (AvgIpc) is 2.87. The highest BCUT2D eigenvalue weighted by Gasteiger charge is 2.07. The molecule has 3 heterocycles. The second kappa shape index (κ2) is 5.32. The molecule has 0 atom stereocenters. The third-order valence-electron chi connectivity index (χ3n) is 2.43. The number of aromatic nitrogens is 3. The van der Waals surface area contributed by atoms with Gasteiger partial charge in [-0.15, -0.1) is 11.3 Å². The van der Waals surface area contributed by atoms with E-state index in [1.165, 1.54) is 23.1 Å². The molecule has 0 unspecified atom stereocenters. The van der Waals surface area contributed by atoms with Crippen molar-refractivity contribution in [1.29, 1.82) is 0 Å². The first-order valence-electron chi connectivity index (χ1n) is 5.44. The Morgan fingerprint density at radius 1 is 1.42 bits per heavy atom. The number of fused-ring (bicyclic) bond motifs is 1. The molecule has 19 heavy (non-hydrogen) atoms. The van der Waals surface area contributed by atoms with Crippen molar-refractivity contribution < 1.29 is 0 Å². The predicted octanol–water partition coefficient (Wildman–Crippen LogP) is 3.33. The van der Waals surface area contributed by atoms with Gasteiger partial charge in [-0.2, -0.15) is 0 Å². The quantitative estimate of drug-likeness (QED) is 0.754. The Morgan fingerprint density at radius 2 is 2.32 bits per heavy atom. The zero-order valence-corrected chi connectivity index (χ0v) is 12.0. The third-order valence-corrected chi connectivity index (χ3v) is 4.77. The Bertz CT molecular complexity index is 784. The Labute approximate surface area is 121 Å². The monoisotopic (exact) mass is 309 g/mol. The Kier molecular flexibility index (Phi) is 3.54. The first-order chi connectivity index (χ1) is 9.24. The maximum Gasteiger partial charge on any atom is 0.268 e. The molecule has 0 aromatic carbocycles. The number of aromatic amines is 1. The van der Waals surface area contributed by atoms with Crippen molar-refractivity contribution in [1.82, 2.24) is 15.0 Å². The van der Waals surface area contributed by atoms with E-state index in [9.17, 15) is 4.79 Å². The van der Waals surface area contributed by atoms with Crippen molar-refractivity contribution in [2.75, 3.05) is 0 Å². The first kappa shape index (κ1) is 12.7. The molecule has 0 fully saturated rings. The van der Waals surface area contributed by atoms with Crippen molar-refractivity contribution >= 4 is 44.9 Å². The number of nitrogens with zero attached hydrogens (tertiary/aromatic N) is 2. The molecule has 0 spiro atoms. The number of thioether (sulfide) groups is 1. The van der Waals surface area contributed by atoms with Gasteiger partial charge in [0.1, 0.15) is 15.6 Å². The number of H-pyrrole nitrogens is 1. The van der Waals surface area contributed by atoms with Crippen LogP contribution in [0, 0.1) is 0 Å². The highest BCUT2D eigenvalue weighted by molar-refractivity contribution is 7.98. The summed E-state index contributed by atoms with van der Waals surface area (Å²) in [4.78, 5) is 23.2. The Hall–Kier alpha value is -1.37. The SMILES string of the molecule is O=c1[nH]c(CSc2ncccc2Cl)nc2ccsc12. The Morgan fingerprint density at radius 3 is 3.16 bits per heavy atom. The molecule has 0 aliphatic heterocycles. The molecule has 0 saturated carbocycles. The van der Waals surface area contributed by atoms with Crippen LogP contribution in [0.4, 0.5) is 0 Å². The summed E-state index contributed by atoms with van der Waals surface area (Å²) in [5, 5.41) is 3.20. The van der Waals surface area contributed by atoms with Crippen LogP contribution < -0.4 is 5.56 Å². The van der Waals surface area contributed by atoms with E-state index in [4.69, 9.17) is 11.6 Å². The van der Waals surface area contributed by atoms with E-state index in [1.54, 1.807) is 18.3 Å². The number of hydrogen-bond acceptors (Lipinski definition) is 5. The summed E-state index contributed by atoms with van der Waals surface area (Å²) in [5.41, 5.74) is 0.638. The van der Waals surface area contributed by atoms with Crippen molar-refractivity contribution in [3.63, 3.8) is 0 Å². The number of nitrogens with one attached hydrogen (secondary N) is 1. The summed E-state index contributed by atoms with van der Waals surface area (Å²) >= 11 is 8.87. The summed E-state index contributed by atoms with van der Waals surface area (Å²) in [7, 11) is 0. The van der Waals surface area contributed by atoms with Crippen LogP contribution in [0.2, 0.25) is 5.02 Å². The fourth-order valence-corrected chi connectivity index (χ4v) is 3.37. The van der Waals surface area contributed by atoms with Gasteiger partial charge in [-0.3, -0.25) is 4.79 Å². The van der Waals surface area contributed by atoms with E-state index in [0.29, 0.717) is 21.3 Å². The van der Waals surface area contributed by atoms with Crippen molar-refractivity contribution in [2.24, 2.45) is 0 Å². The number of pyridine rings is 1. The minimum Gasteiger partial charge on any atom is -0.309 e. The zero-order valence-electron chi connectivity index (χ0n) is 9.59. The number of halogens is 1. The van der Waals surface area contributed by atoms with Crippen LogP contribution in [0.25, 0.3) is 10.2 Å². The van der Waals surface area contributed by atoms with Crippen LogP contribution in [-0.2, 0) is 5.75 Å². The molecule has 96 valence electrons. The minimum atomic E-state index is -0.0947.